The van der Waals surface area contributed by atoms with Gasteiger partial charge in [0, 0.05) is 0 Å². The van der Waals surface area contributed by atoms with Crippen LogP contribution in [0.25, 0.3) is 11.0 Å². The van der Waals surface area contributed by atoms with Crippen molar-refractivity contribution in [2.24, 2.45) is 4.99 Å². The van der Waals surface area contributed by atoms with Crippen LogP contribution in [0.2, 0.25) is 0 Å². The molecule has 0 unspecified atom stereocenters. The van der Waals surface area contributed by atoms with Crippen molar-refractivity contribution in [3.8, 4) is 11.5 Å². The van der Waals surface area contributed by atoms with Crippen LogP contribution in [-0.2, 0) is 11.3 Å². The van der Waals surface area contributed by atoms with E-state index < -0.39 is 5.97 Å². The molecular formula is C28H24N4O4. The number of pyridine rings is 1. The van der Waals surface area contributed by atoms with E-state index in [-0.39, 0.29) is 6.61 Å². The van der Waals surface area contributed by atoms with E-state index in [4.69, 9.17) is 18.9 Å². The zero-order chi connectivity index (χ0) is 24.9. The van der Waals surface area contributed by atoms with E-state index in [2.05, 4.69) is 10.1 Å². The predicted octanol–water partition coefficient (Wildman–Crippen LogP) is 6.10. The molecule has 0 saturated heterocycles. The summed E-state index contributed by atoms with van der Waals surface area (Å²) in [5.74, 6) is 2.01. The maximum absolute atomic E-state index is 12.8. The highest BCUT2D eigenvalue weighted by Crippen LogP contribution is 2.27. The number of benzene rings is 2. The van der Waals surface area contributed by atoms with E-state index >= 15 is 0 Å². The van der Waals surface area contributed by atoms with Crippen molar-refractivity contribution in [2.75, 3.05) is 6.61 Å². The molecule has 0 aliphatic carbocycles. The van der Waals surface area contributed by atoms with Crippen LogP contribution in [0.3, 0.4) is 0 Å². The normalized spacial score (nSPS) is 11.3. The lowest BCUT2D eigenvalue weighted by Crippen LogP contribution is -2.07. The van der Waals surface area contributed by atoms with E-state index in [1.54, 1.807) is 42.3 Å². The maximum atomic E-state index is 12.8. The van der Waals surface area contributed by atoms with E-state index in [0.717, 1.165) is 17.1 Å². The van der Waals surface area contributed by atoms with Crippen LogP contribution in [0, 0.1) is 6.92 Å². The Labute approximate surface area is 207 Å². The number of aliphatic imine (C=N–C) groups is 1. The number of carbonyl (C=O) groups excluding carboxylic acids is 1. The SMILES string of the molecule is CCOC(=O)c1cc(/N=C/c2ccco2)nc2c1c(C)nn2Cc1ccc(Oc2ccccc2)cc1. The van der Waals surface area contributed by atoms with Gasteiger partial charge in [0.1, 0.15) is 17.3 Å². The fraction of sp³-hybridized carbons (Fsp3) is 0.143. The van der Waals surface area contributed by atoms with Crippen molar-refractivity contribution >= 4 is 29.0 Å². The average molecular weight is 481 g/mol. The summed E-state index contributed by atoms with van der Waals surface area (Å²) in [6.45, 7) is 4.34. The van der Waals surface area contributed by atoms with Crippen LogP contribution >= 0.6 is 0 Å². The minimum absolute atomic E-state index is 0.262. The molecule has 3 heterocycles. The molecule has 8 nitrogen and oxygen atoms in total. The Morgan fingerprint density at radius 2 is 1.83 bits per heavy atom. The van der Waals surface area contributed by atoms with Gasteiger partial charge in [0.25, 0.3) is 0 Å². The number of furan rings is 1. The number of nitrogens with zero attached hydrogens (tertiary/aromatic N) is 4. The highest BCUT2D eigenvalue weighted by molar-refractivity contribution is 6.04. The van der Waals surface area contributed by atoms with Crippen LogP contribution in [0.4, 0.5) is 5.82 Å². The Morgan fingerprint density at radius 3 is 2.56 bits per heavy atom. The molecule has 0 amide bonds. The number of para-hydroxylation sites is 1. The third kappa shape index (κ3) is 5.02. The zero-order valence-electron chi connectivity index (χ0n) is 19.9. The number of fused-ring (bicyclic) bond motifs is 1. The lowest BCUT2D eigenvalue weighted by atomic mass is 10.1. The van der Waals surface area contributed by atoms with Gasteiger partial charge in [0.15, 0.2) is 11.5 Å². The molecule has 180 valence electrons. The summed E-state index contributed by atoms with van der Waals surface area (Å²) in [6.07, 6.45) is 3.12. The number of hydrogen-bond acceptors (Lipinski definition) is 7. The molecule has 0 fully saturated rings. The summed E-state index contributed by atoms with van der Waals surface area (Å²) in [6, 6.07) is 22.6. The summed E-state index contributed by atoms with van der Waals surface area (Å²) in [4.78, 5) is 21.9. The van der Waals surface area contributed by atoms with Crippen LogP contribution in [-0.4, -0.2) is 33.6 Å². The van der Waals surface area contributed by atoms with Crippen molar-refractivity contribution in [3.63, 3.8) is 0 Å². The van der Waals surface area contributed by atoms with Crippen LogP contribution in [0.15, 0.2) is 88.5 Å². The first-order valence-electron chi connectivity index (χ1n) is 11.6. The third-order valence-corrected chi connectivity index (χ3v) is 5.46. The molecule has 5 aromatic rings. The Kier molecular flexibility index (Phi) is 6.57. The second kappa shape index (κ2) is 10.3. The Bertz CT molecular complexity index is 1510. The van der Waals surface area contributed by atoms with E-state index in [0.29, 0.717) is 40.4 Å². The van der Waals surface area contributed by atoms with Crippen molar-refractivity contribution in [1.82, 2.24) is 14.8 Å². The second-order valence-corrected chi connectivity index (χ2v) is 8.02. The number of aromatic nitrogens is 3. The van der Waals surface area contributed by atoms with E-state index in [9.17, 15) is 4.79 Å². The van der Waals surface area contributed by atoms with Gasteiger partial charge >= 0.3 is 5.97 Å². The van der Waals surface area contributed by atoms with Crippen molar-refractivity contribution < 1.29 is 18.7 Å². The van der Waals surface area contributed by atoms with Crippen LogP contribution in [0.5, 0.6) is 11.5 Å². The number of ether oxygens (including phenoxy) is 2. The van der Waals surface area contributed by atoms with Gasteiger partial charge in [-0.15, -0.1) is 0 Å². The van der Waals surface area contributed by atoms with Crippen molar-refractivity contribution in [3.05, 3.63) is 102 Å². The van der Waals surface area contributed by atoms with Gasteiger partial charge in [-0.2, -0.15) is 5.10 Å². The molecule has 36 heavy (non-hydrogen) atoms. The van der Waals surface area contributed by atoms with Crippen LogP contribution < -0.4 is 4.74 Å². The fourth-order valence-corrected chi connectivity index (χ4v) is 3.84. The Balaban J connectivity index is 1.48. The van der Waals surface area contributed by atoms with Gasteiger partial charge in [0.2, 0.25) is 0 Å². The molecule has 5 rings (SSSR count). The van der Waals surface area contributed by atoms with E-state index in [1.165, 1.54) is 0 Å². The lowest BCUT2D eigenvalue weighted by Gasteiger charge is -2.08. The smallest absolute Gasteiger partial charge is 0.339 e. The molecule has 0 atom stereocenters. The molecule has 0 aliphatic rings. The molecule has 0 N–H and O–H groups in total. The molecule has 0 radical (unpaired) electrons. The monoisotopic (exact) mass is 480 g/mol. The van der Waals surface area contributed by atoms with Gasteiger partial charge in [-0.1, -0.05) is 30.3 Å². The number of hydrogen-bond donors (Lipinski definition) is 0. The van der Waals surface area contributed by atoms with Crippen molar-refractivity contribution in [2.45, 2.75) is 20.4 Å². The Morgan fingerprint density at radius 1 is 1.06 bits per heavy atom. The quantitative estimate of drug-likeness (QED) is 0.197. The predicted molar refractivity (Wildman–Crippen MR) is 136 cm³/mol. The largest absolute Gasteiger partial charge is 0.463 e. The zero-order valence-corrected chi connectivity index (χ0v) is 19.9. The van der Waals surface area contributed by atoms with Crippen molar-refractivity contribution in [1.29, 1.82) is 0 Å². The van der Waals surface area contributed by atoms with Crippen LogP contribution in [0.1, 0.15) is 34.3 Å². The topological polar surface area (TPSA) is 91.7 Å². The van der Waals surface area contributed by atoms with Gasteiger partial charge in [-0.25, -0.2) is 19.5 Å². The summed E-state index contributed by atoms with van der Waals surface area (Å²) in [5, 5.41) is 5.32. The number of esters is 1. The lowest BCUT2D eigenvalue weighted by molar-refractivity contribution is 0.0528. The van der Waals surface area contributed by atoms with Gasteiger partial charge in [-0.3, -0.25) is 0 Å². The third-order valence-electron chi connectivity index (χ3n) is 5.46. The summed E-state index contributed by atoms with van der Waals surface area (Å²) in [5.41, 5.74) is 2.62. The molecule has 3 aromatic heterocycles. The molecule has 8 heteroatoms. The summed E-state index contributed by atoms with van der Waals surface area (Å²) in [7, 11) is 0. The first kappa shape index (κ1) is 23.0. The number of rotatable bonds is 8. The average Bonchev–Trinajstić information content (AvgIpc) is 3.52. The van der Waals surface area contributed by atoms with Gasteiger partial charge < -0.3 is 13.9 Å². The first-order chi connectivity index (χ1) is 17.6. The molecule has 2 aromatic carbocycles. The highest BCUT2D eigenvalue weighted by Gasteiger charge is 2.20. The molecule has 0 spiro atoms. The summed E-state index contributed by atoms with van der Waals surface area (Å²) >= 11 is 0. The minimum Gasteiger partial charge on any atom is -0.463 e. The standard InChI is InChI=1S/C28H24N4O4/c1-3-34-28(33)24-16-25(29-17-23-10-7-15-35-23)30-27-26(24)19(2)31-32(27)18-20-11-13-22(14-12-20)36-21-8-5-4-6-9-21/h4-17H,3,18H2,1-2H3/b29-17+. The number of carbonyl (C=O) groups is 1. The fourth-order valence-electron chi connectivity index (χ4n) is 3.84. The van der Waals surface area contributed by atoms with E-state index in [1.807, 2.05) is 61.5 Å². The van der Waals surface area contributed by atoms with Gasteiger partial charge in [0.05, 0.1) is 42.3 Å². The number of aryl methyl sites for hydroxylation is 1. The Hall–Kier alpha value is -4.72. The highest BCUT2D eigenvalue weighted by atomic mass is 16.5. The first-order valence-corrected chi connectivity index (χ1v) is 11.6. The summed E-state index contributed by atoms with van der Waals surface area (Å²) < 4.78 is 18.3. The van der Waals surface area contributed by atoms with Gasteiger partial charge in [-0.05, 0) is 61.9 Å². The molecule has 0 saturated carbocycles. The molecule has 0 bridgehead atoms. The minimum atomic E-state index is -0.440. The maximum Gasteiger partial charge on any atom is 0.339 e. The second-order valence-electron chi connectivity index (χ2n) is 8.02. The molecular weight excluding hydrogens is 456 g/mol. The molecule has 0 aliphatic heterocycles.